The molecule has 0 spiro atoms. The predicted octanol–water partition coefficient (Wildman–Crippen LogP) is 6.82. The first-order valence-electron chi connectivity index (χ1n) is 35.3. The van der Waals surface area contributed by atoms with Crippen LogP contribution in [0.4, 0.5) is 17.6 Å². The number of aromatic nitrogens is 10. The molecule has 28 heteroatoms. The lowest BCUT2D eigenvalue weighted by atomic mass is 10.1. The number of methoxy groups -OCH3 is 1. The molecular formula is C73H92N20O8. The number of primary amides is 2. The summed E-state index contributed by atoms with van der Waals surface area (Å²) in [6.07, 6.45) is 16.3. The van der Waals surface area contributed by atoms with Gasteiger partial charge in [0.25, 0.3) is 17.7 Å². The number of unbranched alkanes of at least 4 members (excludes halogenated alkanes) is 4. The SMILES string of the molecule is CCn1nc(C)cc1C(=O)Nc1nc2cc(C(N)=O)cc(OC)c2n1C/C=C/Cn1c(NC(=O)c2cc(C)nn2CC)nc2cc(C(N)=O)cc(OCCCN3CCN(CCCCCCCNC(=O)Cn4ccc5cc(C(=O)NCCc6ccc(N7C[C@H]8CC[C@@H](C7)N8)cc6)cnc54)CC3)c21. The summed E-state index contributed by atoms with van der Waals surface area (Å²) in [5, 5.41) is 25.5. The van der Waals surface area contributed by atoms with E-state index in [0.29, 0.717) is 119 Å². The smallest absolute Gasteiger partial charge is 0.276 e. The van der Waals surface area contributed by atoms with E-state index in [-0.39, 0.29) is 54.5 Å². The molecule has 12 rings (SSSR count). The van der Waals surface area contributed by atoms with Crippen LogP contribution >= 0.6 is 0 Å². The number of amides is 6. The average molecular weight is 1380 g/mol. The number of fused-ring (bicyclic) bond motifs is 5. The highest BCUT2D eigenvalue weighted by molar-refractivity contribution is 6.06. The second-order valence-corrected chi connectivity index (χ2v) is 26.4. The first-order chi connectivity index (χ1) is 49.0. The zero-order valence-corrected chi connectivity index (χ0v) is 58.3. The number of carbonyl (C=O) groups excluding carboxylic acids is 6. The Bertz CT molecular complexity index is 4500. The second-order valence-electron chi connectivity index (χ2n) is 26.4. The highest BCUT2D eigenvalue weighted by atomic mass is 16.5. The molecule has 2 bridgehead atoms. The van der Waals surface area contributed by atoms with Crippen molar-refractivity contribution in [3.8, 4) is 11.5 Å². The van der Waals surface area contributed by atoms with Crippen molar-refractivity contribution in [3.63, 3.8) is 0 Å². The minimum absolute atomic E-state index is 0.0731. The van der Waals surface area contributed by atoms with Crippen LogP contribution < -0.4 is 52.4 Å². The lowest BCUT2D eigenvalue weighted by molar-refractivity contribution is -0.121. The van der Waals surface area contributed by atoms with Gasteiger partial charge in [-0.05, 0) is 139 Å². The predicted molar refractivity (Wildman–Crippen MR) is 387 cm³/mol. The number of nitrogens with two attached hydrogens (primary N) is 2. The lowest BCUT2D eigenvalue weighted by Crippen LogP contribution is -2.51. The number of rotatable bonds is 33. The van der Waals surface area contributed by atoms with E-state index < -0.39 is 23.6 Å². The molecule has 101 heavy (non-hydrogen) atoms. The Morgan fingerprint density at radius 3 is 1.78 bits per heavy atom. The first-order valence-corrected chi connectivity index (χ1v) is 35.3. The van der Waals surface area contributed by atoms with Gasteiger partial charge in [0.1, 0.15) is 46.1 Å². The van der Waals surface area contributed by atoms with Gasteiger partial charge < -0.3 is 65.3 Å². The molecule has 532 valence electrons. The van der Waals surface area contributed by atoms with Gasteiger partial charge in [-0.1, -0.05) is 43.5 Å². The number of piperazine rings is 2. The lowest BCUT2D eigenvalue weighted by Gasteiger charge is -2.34. The molecule has 3 aromatic carbocycles. The number of imidazole rings is 2. The number of benzene rings is 3. The van der Waals surface area contributed by atoms with Gasteiger partial charge in [0.15, 0.2) is 0 Å². The van der Waals surface area contributed by atoms with Crippen LogP contribution in [0.1, 0.15) is 134 Å². The minimum atomic E-state index is -0.674. The Kier molecular flexibility index (Phi) is 22.5. The average Bonchev–Trinajstić information content (AvgIpc) is 1.63. The molecule has 0 aliphatic carbocycles. The molecule has 3 aliphatic rings. The highest BCUT2D eigenvalue weighted by Crippen LogP contribution is 2.34. The molecule has 28 nitrogen and oxygen atoms in total. The fourth-order valence-electron chi connectivity index (χ4n) is 14.0. The maximum Gasteiger partial charge on any atom is 0.276 e. The van der Waals surface area contributed by atoms with E-state index >= 15 is 0 Å². The fraction of sp³-hybridized carbons (Fsp3) is 0.438. The molecule has 3 fully saturated rings. The normalized spacial score (nSPS) is 15.7. The third kappa shape index (κ3) is 16.9. The van der Waals surface area contributed by atoms with Crippen molar-refractivity contribution < 1.29 is 38.2 Å². The van der Waals surface area contributed by atoms with Crippen LogP contribution in [0.2, 0.25) is 0 Å². The summed E-state index contributed by atoms with van der Waals surface area (Å²) in [4.78, 5) is 101. The molecule has 6 aromatic heterocycles. The molecule has 9 N–H and O–H groups in total. The van der Waals surface area contributed by atoms with E-state index in [1.54, 1.807) is 62.0 Å². The number of aryl methyl sites for hydroxylation is 4. The summed E-state index contributed by atoms with van der Waals surface area (Å²) in [6.45, 7) is 18.0. The Hall–Kier alpha value is -10.5. The van der Waals surface area contributed by atoms with E-state index in [1.165, 1.54) is 37.3 Å². The third-order valence-electron chi connectivity index (χ3n) is 19.2. The van der Waals surface area contributed by atoms with Crippen molar-refractivity contribution in [2.24, 2.45) is 11.5 Å². The topological polar surface area (TPSA) is 332 Å². The van der Waals surface area contributed by atoms with Gasteiger partial charge in [0.05, 0.1) is 41.7 Å². The zero-order valence-electron chi connectivity index (χ0n) is 58.3. The van der Waals surface area contributed by atoms with Crippen molar-refractivity contribution in [1.29, 1.82) is 0 Å². The molecule has 3 aliphatic heterocycles. The van der Waals surface area contributed by atoms with E-state index in [4.69, 9.17) is 30.9 Å². The number of hydrogen-bond acceptors (Lipinski definition) is 17. The summed E-state index contributed by atoms with van der Waals surface area (Å²) in [6, 6.07) is 23.3. The zero-order chi connectivity index (χ0) is 70.7. The summed E-state index contributed by atoms with van der Waals surface area (Å²) >= 11 is 0. The van der Waals surface area contributed by atoms with E-state index in [0.717, 1.165) is 96.3 Å². The Morgan fingerprint density at radius 1 is 0.634 bits per heavy atom. The van der Waals surface area contributed by atoms with E-state index in [2.05, 4.69) is 80.7 Å². The maximum absolute atomic E-state index is 14.1. The Labute approximate surface area is 586 Å². The number of carbonyl (C=O) groups is 6. The Balaban J connectivity index is 0.593. The third-order valence-corrected chi connectivity index (χ3v) is 19.2. The minimum Gasteiger partial charge on any atom is -0.494 e. The van der Waals surface area contributed by atoms with Crippen LogP contribution in [0.5, 0.6) is 11.5 Å². The summed E-state index contributed by atoms with van der Waals surface area (Å²) in [5.41, 5.74) is 19.4. The number of pyridine rings is 1. The molecule has 9 aromatic rings. The maximum atomic E-state index is 14.1. The van der Waals surface area contributed by atoms with Crippen LogP contribution in [0.3, 0.4) is 0 Å². The molecular weight excluding hydrogens is 1280 g/mol. The van der Waals surface area contributed by atoms with Crippen molar-refractivity contribution in [2.45, 2.75) is 130 Å². The van der Waals surface area contributed by atoms with E-state index in [1.807, 2.05) is 55.8 Å². The molecule has 0 saturated carbocycles. The van der Waals surface area contributed by atoms with E-state index in [9.17, 15) is 28.8 Å². The quantitative estimate of drug-likeness (QED) is 0.0164. The largest absolute Gasteiger partial charge is 0.494 e. The van der Waals surface area contributed by atoms with Crippen LogP contribution in [-0.4, -0.2) is 185 Å². The summed E-state index contributed by atoms with van der Waals surface area (Å²) < 4.78 is 20.9. The van der Waals surface area contributed by atoms with Crippen molar-refractivity contribution in [1.82, 2.24) is 74.0 Å². The monoisotopic (exact) mass is 1380 g/mol. The molecule has 6 amide bonds. The molecule has 0 unspecified atom stereocenters. The number of hydrogen-bond donors (Lipinski definition) is 7. The number of allylic oxidation sites excluding steroid dienone is 2. The Morgan fingerprint density at radius 2 is 1.20 bits per heavy atom. The number of ether oxygens (including phenoxy) is 2. The molecule has 9 heterocycles. The van der Waals surface area contributed by atoms with Gasteiger partial charge in [-0.15, -0.1) is 0 Å². The van der Waals surface area contributed by atoms with Gasteiger partial charge >= 0.3 is 0 Å². The second kappa shape index (κ2) is 32.3. The molecule has 3 saturated heterocycles. The summed E-state index contributed by atoms with van der Waals surface area (Å²) in [5.74, 6) is -1.43. The van der Waals surface area contributed by atoms with Crippen LogP contribution in [0.25, 0.3) is 33.1 Å². The van der Waals surface area contributed by atoms with Gasteiger partial charge in [0, 0.05) is 132 Å². The number of anilines is 3. The van der Waals surface area contributed by atoms with Crippen molar-refractivity contribution in [2.75, 3.05) is 94.7 Å². The van der Waals surface area contributed by atoms with Crippen molar-refractivity contribution in [3.05, 3.63) is 142 Å². The summed E-state index contributed by atoms with van der Waals surface area (Å²) in [7, 11) is 1.47. The van der Waals surface area contributed by atoms with Gasteiger partial charge in [-0.2, -0.15) is 10.2 Å². The molecule has 2 atom stereocenters. The van der Waals surface area contributed by atoms with Gasteiger partial charge in [-0.3, -0.25) is 48.8 Å². The fourth-order valence-corrected chi connectivity index (χ4v) is 14.0. The van der Waals surface area contributed by atoms with Gasteiger partial charge in [0.2, 0.25) is 29.6 Å². The van der Waals surface area contributed by atoms with Crippen LogP contribution in [-0.2, 0) is 43.9 Å². The van der Waals surface area contributed by atoms with Crippen molar-refractivity contribution >= 4 is 86.1 Å². The van der Waals surface area contributed by atoms with Crippen LogP contribution in [0.15, 0.2) is 97.3 Å². The van der Waals surface area contributed by atoms with Crippen LogP contribution in [0, 0.1) is 13.8 Å². The number of nitrogens with zero attached hydrogens (tertiary/aromatic N) is 13. The molecule has 0 radical (unpaired) electrons. The standard InChI is InChI=1S/C73H92N20O8/c1-6-92-59(36-47(3)84-92)70(98)82-72-80-57-39-51(66(74)95)41-61(100-5)64(57)90(72)28-13-14-29-91-65-58(81-73(91)83-71(99)60-37-48(4)85-93(60)7-2)40-52(67(75)96)42-62(65)101-35-15-27-87-33-31-86(32-34-87)26-12-10-8-9-11-24-76-63(94)46-88-30-23-50-38-53(43-78-68(50)88)69(97)77-25-22-49-16-20-56(21-17-49)89-44-54-18-19-55(45-89)79-54/h13-14,16-17,20-21,23,30,36-43,54-55,79H,6-12,15,18-19,22,24-29,31-35,44-46H2,1-5H3,(H2,74,95)(H2,75,96)(H,76,94)(H,77,97)(H,80,82,98)(H,81,83,99)/b14-13+/t54-,55+. The number of nitrogens with one attached hydrogen (secondary N) is 5. The first kappa shape index (κ1) is 70.4. The highest BCUT2D eigenvalue weighted by Gasteiger charge is 2.32. The van der Waals surface area contributed by atoms with Gasteiger partial charge in [-0.25, -0.2) is 15.0 Å².